The molecule has 0 spiro atoms. The van der Waals surface area contributed by atoms with Gasteiger partial charge in [-0.15, -0.1) is 11.6 Å². The zero-order valence-corrected chi connectivity index (χ0v) is 5.56. The molecule has 1 atom stereocenters. The van der Waals surface area contributed by atoms with Gasteiger partial charge in [-0.3, -0.25) is 10.2 Å². The molecule has 9 heavy (non-hydrogen) atoms. The molecule has 1 amide bonds. The second kappa shape index (κ2) is 4.55. The van der Waals surface area contributed by atoms with E-state index in [2.05, 4.69) is 0 Å². The minimum absolute atomic E-state index is 0.0417. The molecular weight excluding hydrogens is 144 g/mol. The maximum absolute atomic E-state index is 10.3. The van der Waals surface area contributed by atoms with Crippen molar-refractivity contribution in [1.82, 2.24) is 5.43 Å². The molecule has 4 N–H and O–H groups in total. The van der Waals surface area contributed by atoms with Crippen molar-refractivity contribution in [3.05, 3.63) is 0 Å². The molecule has 0 heterocycles. The number of hydrogen-bond donors (Lipinski definition) is 3. The third-order valence-corrected chi connectivity index (χ3v) is 1.12. The molecule has 0 bridgehead atoms. The van der Waals surface area contributed by atoms with Crippen LogP contribution < -0.4 is 11.3 Å². The highest BCUT2D eigenvalue weighted by Crippen LogP contribution is 1.92. The molecule has 54 valence electrons. The highest BCUT2D eigenvalue weighted by atomic mass is 35.5. The Hall–Kier alpha value is -0.320. The molecular formula is C4H9ClN2O2. The number of carbonyl (C=O) groups is 1. The van der Waals surface area contributed by atoms with Crippen molar-refractivity contribution in [3.8, 4) is 0 Å². The lowest BCUT2D eigenvalue weighted by Gasteiger charge is -2.02. The van der Waals surface area contributed by atoms with Crippen LogP contribution in [0.3, 0.4) is 0 Å². The summed E-state index contributed by atoms with van der Waals surface area (Å²) in [6.45, 7) is 0. The van der Waals surface area contributed by atoms with Crippen molar-refractivity contribution in [2.24, 2.45) is 5.84 Å². The van der Waals surface area contributed by atoms with Gasteiger partial charge in [0, 0.05) is 5.88 Å². The average molecular weight is 153 g/mol. The molecule has 0 saturated carbocycles. The molecule has 0 aliphatic carbocycles. The van der Waals surface area contributed by atoms with E-state index in [0.717, 1.165) is 0 Å². The van der Waals surface area contributed by atoms with Crippen molar-refractivity contribution in [2.45, 2.75) is 12.5 Å². The minimum atomic E-state index is -0.796. The maximum atomic E-state index is 10.3. The molecule has 0 unspecified atom stereocenters. The van der Waals surface area contributed by atoms with Gasteiger partial charge < -0.3 is 5.11 Å². The summed E-state index contributed by atoms with van der Waals surface area (Å²) in [5.41, 5.74) is 1.87. The Morgan fingerprint density at radius 3 is 2.78 bits per heavy atom. The van der Waals surface area contributed by atoms with Crippen LogP contribution in [0, 0.1) is 0 Å². The molecule has 0 aliphatic heterocycles. The minimum Gasteiger partial charge on any atom is -0.391 e. The number of amides is 1. The Bertz CT molecular complexity index is 98.6. The normalized spacial score (nSPS) is 12.8. The van der Waals surface area contributed by atoms with Crippen LogP contribution in [0.2, 0.25) is 0 Å². The van der Waals surface area contributed by atoms with Gasteiger partial charge in [-0.1, -0.05) is 0 Å². The fourth-order valence-electron chi connectivity index (χ4n) is 0.327. The molecule has 5 heteroatoms. The van der Waals surface area contributed by atoms with Crippen molar-refractivity contribution >= 4 is 17.5 Å². The molecule has 0 aromatic rings. The number of hydrazine groups is 1. The Labute approximate surface area is 58.0 Å². The molecule has 0 aromatic carbocycles. The van der Waals surface area contributed by atoms with Crippen molar-refractivity contribution in [2.75, 3.05) is 5.88 Å². The molecule has 0 saturated heterocycles. The Kier molecular flexibility index (Phi) is 4.39. The van der Waals surface area contributed by atoms with Gasteiger partial charge in [-0.05, 0) is 0 Å². The molecule has 0 aromatic heterocycles. The number of carbonyl (C=O) groups excluding carboxylic acids is 1. The fraction of sp³-hybridized carbons (Fsp3) is 0.750. The van der Waals surface area contributed by atoms with Gasteiger partial charge in [0.15, 0.2) is 0 Å². The first kappa shape index (κ1) is 8.68. The first-order valence-electron chi connectivity index (χ1n) is 2.44. The highest BCUT2D eigenvalue weighted by Gasteiger charge is 2.06. The lowest BCUT2D eigenvalue weighted by Crippen LogP contribution is -2.33. The zero-order valence-electron chi connectivity index (χ0n) is 4.80. The van der Waals surface area contributed by atoms with E-state index < -0.39 is 12.0 Å². The van der Waals surface area contributed by atoms with Gasteiger partial charge in [-0.25, -0.2) is 5.84 Å². The largest absolute Gasteiger partial charge is 0.391 e. The van der Waals surface area contributed by atoms with Crippen LogP contribution in [0.4, 0.5) is 0 Å². The summed E-state index contributed by atoms with van der Waals surface area (Å²) in [5.74, 6) is 4.36. The van der Waals surface area contributed by atoms with Crippen LogP contribution in [0.25, 0.3) is 0 Å². The van der Waals surface area contributed by atoms with Crippen LogP contribution >= 0.6 is 11.6 Å². The van der Waals surface area contributed by atoms with Crippen LogP contribution in [0.1, 0.15) is 6.42 Å². The molecule has 4 nitrogen and oxygen atoms in total. The van der Waals surface area contributed by atoms with E-state index in [1.165, 1.54) is 0 Å². The lowest BCUT2D eigenvalue weighted by molar-refractivity contribution is -0.122. The number of hydrogen-bond acceptors (Lipinski definition) is 3. The van der Waals surface area contributed by atoms with Gasteiger partial charge in [0.1, 0.15) is 0 Å². The first-order chi connectivity index (χ1) is 4.20. The van der Waals surface area contributed by atoms with Crippen LogP contribution in [0.15, 0.2) is 0 Å². The summed E-state index contributed by atoms with van der Waals surface area (Å²) in [4.78, 5) is 10.3. The number of aliphatic hydroxyl groups excluding tert-OH is 1. The number of alkyl halides is 1. The Morgan fingerprint density at radius 2 is 2.44 bits per heavy atom. The van der Waals surface area contributed by atoms with Crippen molar-refractivity contribution in [3.63, 3.8) is 0 Å². The fourth-order valence-corrected chi connectivity index (χ4v) is 0.437. The van der Waals surface area contributed by atoms with E-state index in [0.29, 0.717) is 0 Å². The predicted molar refractivity (Wildman–Crippen MR) is 33.7 cm³/mol. The van der Waals surface area contributed by atoms with Gasteiger partial charge in [-0.2, -0.15) is 0 Å². The predicted octanol–water partition coefficient (Wildman–Crippen LogP) is -1.03. The van der Waals surface area contributed by atoms with E-state index in [4.69, 9.17) is 22.6 Å². The number of aliphatic hydroxyl groups is 1. The smallest absolute Gasteiger partial charge is 0.236 e. The first-order valence-corrected chi connectivity index (χ1v) is 2.97. The number of rotatable bonds is 3. The number of nitrogens with two attached hydrogens (primary N) is 1. The second-order valence-corrected chi connectivity index (χ2v) is 1.89. The van der Waals surface area contributed by atoms with E-state index in [-0.39, 0.29) is 12.3 Å². The molecule has 0 rings (SSSR count). The highest BCUT2D eigenvalue weighted by molar-refractivity contribution is 6.18. The van der Waals surface area contributed by atoms with Gasteiger partial charge in [0.2, 0.25) is 5.91 Å². The van der Waals surface area contributed by atoms with Crippen molar-refractivity contribution < 1.29 is 9.90 Å². The van der Waals surface area contributed by atoms with Gasteiger partial charge in [0.25, 0.3) is 0 Å². The number of nitrogens with one attached hydrogen (secondary N) is 1. The standard InChI is InChI=1S/C4H9ClN2O2/c5-2-3(8)1-4(9)7-6/h3,8H,1-2,6H2,(H,7,9)/t3-/m1/s1. The quantitative estimate of drug-likeness (QED) is 0.209. The van der Waals surface area contributed by atoms with Crippen molar-refractivity contribution in [1.29, 1.82) is 0 Å². The van der Waals surface area contributed by atoms with E-state index in [9.17, 15) is 4.79 Å². The SMILES string of the molecule is NNC(=O)C[C@@H](O)CCl. The van der Waals surface area contributed by atoms with Crippen LogP contribution in [-0.4, -0.2) is 23.0 Å². The molecule has 0 radical (unpaired) electrons. The summed E-state index contributed by atoms with van der Waals surface area (Å²) in [6, 6.07) is 0. The second-order valence-electron chi connectivity index (χ2n) is 1.58. The average Bonchev–Trinajstić information content (AvgIpc) is 1.87. The summed E-state index contributed by atoms with van der Waals surface area (Å²) in [6.07, 6.45) is -0.838. The van der Waals surface area contributed by atoms with E-state index in [1.807, 2.05) is 5.43 Å². The van der Waals surface area contributed by atoms with Crippen LogP contribution in [-0.2, 0) is 4.79 Å². The molecule has 0 fully saturated rings. The number of halogens is 1. The lowest BCUT2D eigenvalue weighted by atomic mass is 10.3. The summed E-state index contributed by atoms with van der Waals surface area (Å²) >= 11 is 5.18. The third kappa shape index (κ3) is 4.20. The third-order valence-electron chi connectivity index (χ3n) is 0.760. The van der Waals surface area contributed by atoms with E-state index in [1.54, 1.807) is 0 Å². The van der Waals surface area contributed by atoms with E-state index >= 15 is 0 Å². The molecule has 0 aliphatic rings. The van der Waals surface area contributed by atoms with Gasteiger partial charge in [0.05, 0.1) is 12.5 Å². The monoisotopic (exact) mass is 152 g/mol. The summed E-state index contributed by atoms with van der Waals surface area (Å²) in [7, 11) is 0. The van der Waals surface area contributed by atoms with Gasteiger partial charge >= 0.3 is 0 Å². The Balaban J connectivity index is 3.34. The summed E-state index contributed by atoms with van der Waals surface area (Å²) in [5, 5.41) is 8.71. The zero-order chi connectivity index (χ0) is 7.28. The maximum Gasteiger partial charge on any atom is 0.236 e. The van der Waals surface area contributed by atoms with Crippen LogP contribution in [0.5, 0.6) is 0 Å². The topological polar surface area (TPSA) is 75.3 Å². The summed E-state index contributed by atoms with van der Waals surface area (Å²) < 4.78 is 0. The Morgan fingerprint density at radius 1 is 1.89 bits per heavy atom.